The Bertz CT molecular complexity index is 572. The predicted octanol–water partition coefficient (Wildman–Crippen LogP) is 2.28. The molecule has 106 valence electrons. The lowest BCUT2D eigenvalue weighted by atomic mass is 10.1. The van der Waals surface area contributed by atoms with Crippen LogP contribution in [0.4, 0.5) is 11.6 Å². The van der Waals surface area contributed by atoms with Crippen molar-refractivity contribution in [2.45, 2.75) is 19.8 Å². The summed E-state index contributed by atoms with van der Waals surface area (Å²) < 4.78 is 5.34. The van der Waals surface area contributed by atoms with Crippen LogP contribution in [-0.2, 0) is 12.8 Å². The highest BCUT2D eigenvalue weighted by Gasteiger charge is 2.07. The SMILES string of the molecule is CCc1c(N)ncnc1NCCc1ccccc1OC. The molecule has 1 aromatic carbocycles. The van der Waals surface area contributed by atoms with Crippen molar-refractivity contribution < 1.29 is 4.74 Å². The molecule has 0 saturated heterocycles. The van der Waals surface area contributed by atoms with E-state index < -0.39 is 0 Å². The standard InChI is InChI=1S/C15H20N4O/c1-3-12-14(16)18-10-19-15(12)17-9-8-11-6-4-5-7-13(11)20-2/h4-7,10H,3,8-9H2,1-2H3,(H3,16,17,18,19). The Hall–Kier alpha value is -2.30. The Morgan fingerprint density at radius 3 is 2.80 bits per heavy atom. The molecule has 0 saturated carbocycles. The maximum absolute atomic E-state index is 5.85. The molecule has 1 aromatic heterocycles. The second-order valence-electron chi connectivity index (χ2n) is 4.43. The Labute approximate surface area is 119 Å². The summed E-state index contributed by atoms with van der Waals surface area (Å²) in [4.78, 5) is 8.26. The van der Waals surface area contributed by atoms with Crippen LogP contribution in [0.2, 0.25) is 0 Å². The van der Waals surface area contributed by atoms with E-state index in [4.69, 9.17) is 10.5 Å². The fraction of sp³-hybridized carbons (Fsp3) is 0.333. The summed E-state index contributed by atoms with van der Waals surface area (Å²) in [6, 6.07) is 8.01. The molecule has 0 radical (unpaired) electrons. The molecule has 5 nitrogen and oxygen atoms in total. The lowest BCUT2D eigenvalue weighted by Gasteiger charge is -2.12. The second-order valence-corrected chi connectivity index (χ2v) is 4.43. The van der Waals surface area contributed by atoms with Gasteiger partial charge in [0.05, 0.1) is 7.11 Å². The van der Waals surface area contributed by atoms with Gasteiger partial charge < -0.3 is 15.8 Å². The fourth-order valence-corrected chi connectivity index (χ4v) is 2.15. The molecule has 0 atom stereocenters. The highest BCUT2D eigenvalue weighted by molar-refractivity contribution is 5.54. The van der Waals surface area contributed by atoms with E-state index in [0.717, 1.165) is 36.5 Å². The highest BCUT2D eigenvalue weighted by Crippen LogP contribution is 2.20. The van der Waals surface area contributed by atoms with Crippen molar-refractivity contribution >= 4 is 11.6 Å². The zero-order valence-corrected chi connectivity index (χ0v) is 11.9. The molecule has 0 unspecified atom stereocenters. The molecule has 0 aliphatic carbocycles. The number of nitrogens with zero attached hydrogens (tertiary/aromatic N) is 2. The zero-order chi connectivity index (χ0) is 14.4. The van der Waals surface area contributed by atoms with Crippen molar-refractivity contribution in [3.05, 3.63) is 41.7 Å². The molecule has 0 amide bonds. The van der Waals surface area contributed by atoms with Gasteiger partial charge in [0.1, 0.15) is 23.7 Å². The summed E-state index contributed by atoms with van der Waals surface area (Å²) in [6.07, 6.45) is 3.15. The minimum Gasteiger partial charge on any atom is -0.496 e. The molecular weight excluding hydrogens is 252 g/mol. The second kappa shape index (κ2) is 6.75. The normalized spacial score (nSPS) is 10.3. The van der Waals surface area contributed by atoms with Gasteiger partial charge in [-0.1, -0.05) is 25.1 Å². The number of nitrogen functional groups attached to an aromatic ring is 1. The number of nitrogens with two attached hydrogens (primary N) is 1. The van der Waals surface area contributed by atoms with Gasteiger partial charge in [-0.05, 0) is 24.5 Å². The summed E-state index contributed by atoms with van der Waals surface area (Å²) >= 11 is 0. The Morgan fingerprint density at radius 1 is 1.25 bits per heavy atom. The monoisotopic (exact) mass is 272 g/mol. The van der Waals surface area contributed by atoms with Crippen LogP contribution < -0.4 is 15.8 Å². The Morgan fingerprint density at radius 2 is 2.05 bits per heavy atom. The molecular formula is C15H20N4O. The molecule has 2 rings (SSSR count). The average Bonchev–Trinajstić information content (AvgIpc) is 2.48. The van der Waals surface area contributed by atoms with Crippen molar-refractivity contribution in [1.82, 2.24) is 9.97 Å². The first kappa shape index (κ1) is 14.1. The average molecular weight is 272 g/mol. The van der Waals surface area contributed by atoms with Crippen LogP contribution in [0.25, 0.3) is 0 Å². The molecule has 0 aliphatic rings. The van der Waals surface area contributed by atoms with E-state index in [2.05, 4.69) is 21.4 Å². The van der Waals surface area contributed by atoms with Crippen molar-refractivity contribution in [2.75, 3.05) is 24.7 Å². The summed E-state index contributed by atoms with van der Waals surface area (Å²) in [5.41, 5.74) is 7.98. The third kappa shape index (κ3) is 3.17. The van der Waals surface area contributed by atoms with E-state index in [1.54, 1.807) is 7.11 Å². The molecule has 2 aromatic rings. The van der Waals surface area contributed by atoms with Gasteiger partial charge in [0, 0.05) is 12.1 Å². The lowest BCUT2D eigenvalue weighted by Crippen LogP contribution is -2.11. The van der Waals surface area contributed by atoms with Crippen molar-refractivity contribution in [3.63, 3.8) is 0 Å². The molecule has 0 spiro atoms. The van der Waals surface area contributed by atoms with E-state index in [1.165, 1.54) is 11.9 Å². The number of para-hydroxylation sites is 1. The maximum Gasteiger partial charge on any atom is 0.134 e. The van der Waals surface area contributed by atoms with Crippen LogP contribution in [0.15, 0.2) is 30.6 Å². The van der Waals surface area contributed by atoms with E-state index in [-0.39, 0.29) is 0 Å². The number of rotatable bonds is 6. The first-order chi connectivity index (χ1) is 9.76. The smallest absolute Gasteiger partial charge is 0.134 e. The molecule has 20 heavy (non-hydrogen) atoms. The Kier molecular flexibility index (Phi) is 4.76. The molecule has 5 heteroatoms. The van der Waals surface area contributed by atoms with Crippen LogP contribution in [0.3, 0.4) is 0 Å². The zero-order valence-electron chi connectivity index (χ0n) is 11.9. The topological polar surface area (TPSA) is 73.1 Å². The first-order valence-corrected chi connectivity index (χ1v) is 6.71. The number of methoxy groups -OCH3 is 1. The number of anilines is 2. The van der Waals surface area contributed by atoms with Crippen LogP contribution in [0, 0.1) is 0 Å². The molecule has 1 heterocycles. The van der Waals surface area contributed by atoms with Crippen molar-refractivity contribution in [1.29, 1.82) is 0 Å². The number of ether oxygens (including phenoxy) is 1. The summed E-state index contributed by atoms with van der Waals surface area (Å²) in [5.74, 6) is 2.27. The number of benzene rings is 1. The quantitative estimate of drug-likeness (QED) is 0.844. The van der Waals surface area contributed by atoms with Crippen LogP contribution in [0.1, 0.15) is 18.1 Å². The van der Waals surface area contributed by atoms with E-state index >= 15 is 0 Å². The third-order valence-corrected chi connectivity index (χ3v) is 3.21. The van der Waals surface area contributed by atoms with Crippen molar-refractivity contribution in [2.24, 2.45) is 0 Å². The Balaban J connectivity index is 2.01. The molecule has 0 fully saturated rings. The van der Waals surface area contributed by atoms with Crippen molar-refractivity contribution in [3.8, 4) is 5.75 Å². The number of nitrogens with one attached hydrogen (secondary N) is 1. The van der Waals surface area contributed by atoms with Gasteiger partial charge in [0.2, 0.25) is 0 Å². The van der Waals surface area contributed by atoms with Crippen LogP contribution in [-0.4, -0.2) is 23.6 Å². The van der Waals surface area contributed by atoms with Gasteiger partial charge in [-0.3, -0.25) is 0 Å². The summed E-state index contributed by atoms with van der Waals surface area (Å²) in [5, 5.41) is 3.32. The minimum absolute atomic E-state index is 0.544. The predicted molar refractivity (Wildman–Crippen MR) is 81.0 cm³/mol. The summed E-state index contributed by atoms with van der Waals surface area (Å²) in [6.45, 7) is 2.81. The van der Waals surface area contributed by atoms with E-state index in [0.29, 0.717) is 5.82 Å². The minimum atomic E-state index is 0.544. The van der Waals surface area contributed by atoms with Gasteiger partial charge >= 0.3 is 0 Å². The highest BCUT2D eigenvalue weighted by atomic mass is 16.5. The number of aromatic nitrogens is 2. The fourth-order valence-electron chi connectivity index (χ4n) is 2.15. The van der Waals surface area contributed by atoms with Gasteiger partial charge in [-0.2, -0.15) is 0 Å². The molecule has 3 N–H and O–H groups in total. The van der Waals surface area contributed by atoms with Gasteiger partial charge in [0.15, 0.2) is 0 Å². The lowest BCUT2D eigenvalue weighted by molar-refractivity contribution is 0.410. The van der Waals surface area contributed by atoms with Crippen LogP contribution in [0.5, 0.6) is 5.75 Å². The first-order valence-electron chi connectivity index (χ1n) is 6.71. The summed E-state index contributed by atoms with van der Waals surface area (Å²) in [7, 11) is 1.69. The largest absolute Gasteiger partial charge is 0.496 e. The molecule has 0 aliphatic heterocycles. The van der Waals surface area contributed by atoms with Gasteiger partial charge in [0.25, 0.3) is 0 Å². The molecule has 0 bridgehead atoms. The number of hydrogen-bond acceptors (Lipinski definition) is 5. The number of hydrogen-bond donors (Lipinski definition) is 2. The van der Waals surface area contributed by atoms with E-state index in [9.17, 15) is 0 Å². The van der Waals surface area contributed by atoms with Crippen LogP contribution >= 0.6 is 0 Å². The third-order valence-electron chi connectivity index (χ3n) is 3.21. The van der Waals surface area contributed by atoms with E-state index in [1.807, 2.05) is 25.1 Å². The maximum atomic E-state index is 5.85. The van der Waals surface area contributed by atoms with Gasteiger partial charge in [-0.25, -0.2) is 9.97 Å². The van der Waals surface area contributed by atoms with Gasteiger partial charge in [-0.15, -0.1) is 0 Å².